The Hall–Kier alpha value is -3.08. The number of anilines is 1. The lowest BCUT2D eigenvalue weighted by molar-refractivity contribution is 0.462. The van der Waals surface area contributed by atoms with Gasteiger partial charge in [-0.3, -0.25) is 0 Å². The Morgan fingerprint density at radius 2 is 1.81 bits per heavy atom. The molecule has 5 rings (SSSR count). The zero-order valence-corrected chi connectivity index (χ0v) is 15.1. The number of aromatic amines is 1. The fourth-order valence-corrected chi connectivity index (χ4v) is 4.14. The average molecular weight is 358 g/mol. The molecule has 27 heavy (non-hydrogen) atoms. The van der Waals surface area contributed by atoms with E-state index >= 15 is 0 Å². The number of phenols is 1. The van der Waals surface area contributed by atoms with Crippen molar-refractivity contribution in [3.05, 3.63) is 48.8 Å². The van der Waals surface area contributed by atoms with Crippen LogP contribution in [-0.2, 0) is 0 Å². The second-order valence-electron chi connectivity index (χ2n) is 7.36. The maximum absolute atomic E-state index is 9.81. The first-order valence-electron chi connectivity index (χ1n) is 9.60. The van der Waals surface area contributed by atoms with Gasteiger partial charge in [-0.25, -0.2) is 9.97 Å². The first-order chi connectivity index (χ1) is 13.3. The Balaban J connectivity index is 1.63. The fraction of sp³-hybridized carbons (Fsp3) is 0.273. The van der Waals surface area contributed by atoms with Crippen molar-refractivity contribution >= 4 is 27.8 Å². The summed E-state index contributed by atoms with van der Waals surface area (Å²) in [7, 11) is 0. The number of benzene rings is 2. The molecule has 5 nitrogen and oxygen atoms in total. The highest BCUT2D eigenvalue weighted by atomic mass is 16.3. The van der Waals surface area contributed by atoms with Gasteiger partial charge in [0.05, 0.1) is 5.39 Å². The van der Waals surface area contributed by atoms with Crippen LogP contribution in [0, 0.1) is 0 Å². The highest BCUT2D eigenvalue weighted by Crippen LogP contribution is 2.34. The number of fused-ring (bicyclic) bond motifs is 3. The molecule has 0 unspecified atom stereocenters. The molecule has 0 aliphatic heterocycles. The largest absolute Gasteiger partial charge is 0.508 e. The van der Waals surface area contributed by atoms with Gasteiger partial charge in [0.15, 0.2) is 0 Å². The zero-order chi connectivity index (χ0) is 18.2. The van der Waals surface area contributed by atoms with Crippen molar-refractivity contribution in [3.63, 3.8) is 0 Å². The molecule has 0 bridgehead atoms. The molecule has 3 N–H and O–H groups in total. The Bertz CT molecular complexity index is 1110. The molecule has 0 radical (unpaired) electrons. The number of H-pyrrole nitrogens is 1. The number of aromatic hydroxyl groups is 1. The predicted octanol–water partition coefficient (Wildman–Crippen LogP) is 5.23. The predicted molar refractivity (Wildman–Crippen MR) is 109 cm³/mol. The van der Waals surface area contributed by atoms with Crippen molar-refractivity contribution in [2.75, 3.05) is 5.32 Å². The molecule has 0 amide bonds. The average Bonchev–Trinajstić information content (AvgIpc) is 3.07. The number of nitrogens with zero attached hydrogens (tertiary/aromatic N) is 2. The van der Waals surface area contributed by atoms with Gasteiger partial charge >= 0.3 is 0 Å². The molecule has 0 saturated heterocycles. The van der Waals surface area contributed by atoms with Crippen LogP contribution in [0.25, 0.3) is 33.1 Å². The summed E-state index contributed by atoms with van der Waals surface area (Å²) in [6, 6.07) is 14.1. The Labute approximate surface area is 157 Å². The fourth-order valence-electron chi connectivity index (χ4n) is 4.14. The van der Waals surface area contributed by atoms with Gasteiger partial charge in [0.25, 0.3) is 0 Å². The van der Waals surface area contributed by atoms with Crippen LogP contribution in [0.4, 0.5) is 5.82 Å². The molecule has 0 spiro atoms. The molecular formula is C22H22N4O. The number of nitrogens with one attached hydrogen (secondary N) is 2. The zero-order valence-electron chi connectivity index (χ0n) is 15.1. The molecule has 1 aliphatic carbocycles. The summed E-state index contributed by atoms with van der Waals surface area (Å²) < 4.78 is 0. The van der Waals surface area contributed by atoms with Crippen LogP contribution < -0.4 is 5.32 Å². The number of hydrogen-bond acceptors (Lipinski definition) is 4. The van der Waals surface area contributed by atoms with Crippen molar-refractivity contribution in [1.82, 2.24) is 15.0 Å². The standard InChI is InChI=1S/C22H22N4O/c27-17-8-4-5-14(11-17)15-9-10-19-18(12-15)20-21(23-13-24-22(20)26-19)25-16-6-2-1-3-7-16/h4-5,8-13,16,27H,1-3,6-7H2,(H2,23,24,25,26). The number of aromatic nitrogens is 3. The highest BCUT2D eigenvalue weighted by Gasteiger charge is 2.17. The molecule has 136 valence electrons. The maximum Gasteiger partial charge on any atom is 0.143 e. The van der Waals surface area contributed by atoms with Crippen molar-refractivity contribution in [2.24, 2.45) is 0 Å². The third-order valence-corrected chi connectivity index (χ3v) is 5.51. The second-order valence-corrected chi connectivity index (χ2v) is 7.36. The summed E-state index contributed by atoms with van der Waals surface area (Å²) in [5, 5.41) is 15.6. The quantitative estimate of drug-likeness (QED) is 0.469. The molecule has 2 aromatic carbocycles. The van der Waals surface area contributed by atoms with Crippen molar-refractivity contribution < 1.29 is 5.11 Å². The summed E-state index contributed by atoms with van der Waals surface area (Å²) in [6.45, 7) is 0. The Kier molecular flexibility index (Phi) is 3.93. The van der Waals surface area contributed by atoms with Gasteiger partial charge in [-0.15, -0.1) is 0 Å². The van der Waals surface area contributed by atoms with Crippen LogP contribution >= 0.6 is 0 Å². The van der Waals surface area contributed by atoms with E-state index in [1.54, 1.807) is 18.5 Å². The number of rotatable bonds is 3. The monoisotopic (exact) mass is 358 g/mol. The van der Waals surface area contributed by atoms with E-state index in [0.29, 0.717) is 6.04 Å². The minimum atomic E-state index is 0.273. The van der Waals surface area contributed by atoms with E-state index < -0.39 is 0 Å². The van der Waals surface area contributed by atoms with Gasteiger partial charge in [-0.05, 0) is 48.2 Å². The molecule has 5 heteroatoms. The minimum Gasteiger partial charge on any atom is -0.508 e. The lowest BCUT2D eigenvalue weighted by atomic mass is 9.95. The van der Waals surface area contributed by atoms with E-state index in [1.807, 2.05) is 12.1 Å². The summed E-state index contributed by atoms with van der Waals surface area (Å²) in [5.41, 5.74) is 3.95. The van der Waals surface area contributed by atoms with E-state index in [-0.39, 0.29) is 5.75 Å². The van der Waals surface area contributed by atoms with Crippen LogP contribution in [-0.4, -0.2) is 26.1 Å². The number of hydrogen-bond donors (Lipinski definition) is 3. The topological polar surface area (TPSA) is 73.8 Å². The third-order valence-electron chi connectivity index (χ3n) is 5.51. The molecule has 0 atom stereocenters. The highest BCUT2D eigenvalue weighted by molar-refractivity contribution is 6.12. The van der Waals surface area contributed by atoms with Crippen LogP contribution in [0.2, 0.25) is 0 Å². The third kappa shape index (κ3) is 2.99. The second kappa shape index (κ2) is 6.58. The summed E-state index contributed by atoms with van der Waals surface area (Å²) in [6.07, 6.45) is 7.91. The van der Waals surface area contributed by atoms with Crippen molar-refractivity contribution in [1.29, 1.82) is 0 Å². The van der Waals surface area contributed by atoms with Crippen LogP contribution in [0.3, 0.4) is 0 Å². The van der Waals surface area contributed by atoms with Gasteiger partial charge in [-0.2, -0.15) is 0 Å². The normalized spacial score (nSPS) is 15.4. The van der Waals surface area contributed by atoms with Gasteiger partial charge in [-0.1, -0.05) is 37.5 Å². The molecule has 1 saturated carbocycles. The number of phenolic OH excluding ortho intramolecular Hbond substituents is 1. The minimum absolute atomic E-state index is 0.273. The van der Waals surface area contributed by atoms with Crippen molar-refractivity contribution in [2.45, 2.75) is 38.1 Å². The van der Waals surface area contributed by atoms with Gasteiger partial charge in [0.2, 0.25) is 0 Å². The van der Waals surface area contributed by atoms with Crippen molar-refractivity contribution in [3.8, 4) is 16.9 Å². The lowest BCUT2D eigenvalue weighted by Gasteiger charge is -2.23. The van der Waals surface area contributed by atoms with E-state index in [9.17, 15) is 5.11 Å². The molecular weight excluding hydrogens is 336 g/mol. The first-order valence-corrected chi connectivity index (χ1v) is 9.60. The molecule has 2 aromatic heterocycles. The van der Waals surface area contributed by atoms with Crippen LogP contribution in [0.1, 0.15) is 32.1 Å². The summed E-state index contributed by atoms with van der Waals surface area (Å²) >= 11 is 0. The van der Waals surface area contributed by atoms with Gasteiger partial charge < -0.3 is 15.4 Å². The SMILES string of the molecule is Oc1cccc(-c2ccc3[nH]c4ncnc(NC5CCCCC5)c4c3c2)c1. The first kappa shape index (κ1) is 16.1. The molecule has 1 aliphatic rings. The maximum atomic E-state index is 9.81. The van der Waals surface area contributed by atoms with Gasteiger partial charge in [0, 0.05) is 16.9 Å². The molecule has 4 aromatic rings. The van der Waals surface area contributed by atoms with Gasteiger partial charge in [0.1, 0.15) is 23.5 Å². The van der Waals surface area contributed by atoms with E-state index in [0.717, 1.165) is 38.9 Å². The van der Waals surface area contributed by atoms with E-state index in [4.69, 9.17) is 0 Å². The molecule has 2 heterocycles. The van der Waals surface area contributed by atoms with E-state index in [1.165, 1.54) is 32.1 Å². The Morgan fingerprint density at radius 1 is 0.963 bits per heavy atom. The molecule has 1 fully saturated rings. The Morgan fingerprint density at radius 3 is 2.67 bits per heavy atom. The van der Waals surface area contributed by atoms with Crippen LogP contribution in [0.15, 0.2) is 48.8 Å². The van der Waals surface area contributed by atoms with E-state index in [2.05, 4.69) is 38.5 Å². The lowest BCUT2D eigenvalue weighted by Crippen LogP contribution is -2.22. The smallest absolute Gasteiger partial charge is 0.143 e. The van der Waals surface area contributed by atoms with Crippen LogP contribution in [0.5, 0.6) is 5.75 Å². The summed E-state index contributed by atoms with van der Waals surface area (Å²) in [5.74, 6) is 1.18. The summed E-state index contributed by atoms with van der Waals surface area (Å²) in [4.78, 5) is 12.4.